The van der Waals surface area contributed by atoms with E-state index in [-0.39, 0.29) is 24.1 Å². The summed E-state index contributed by atoms with van der Waals surface area (Å²) in [5.41, 5.74) is -1.91. The number of allylic oxidation sites excluding steroid dienone is 3. The Morgan fingerprint density at radius 3 is 2.46 bits per heavy atom. The summed E-state index contributed by atoms with van der Waals surface area (Å²) in [5.74, 6) is -4.17. The highest BCUT2D eigenvalue weighted by atomic mass is 16.6. The average molecular weight is 513 g/mol. The van der Waals surface area contributed by atoms with Gasteiger partial charge in [-0.15, -0.1) is 0 Å². The summed E-state index contributed by atoms with van der Waals surface area (Å²) in [4.78, 5) is 51.5. The van der Waals surface area contributed by atoms with Gasteiger partial charge in [0.25, 0.3) is 0 Å². The van der Waals surface area contributed by atoms with E-state index in [1.54, 1.807) is 39.8 Å². The smallest absolute Gasteiger partial charge is 0.333 e. The summed E-state index contributed by atoms with van der Waals surface area (Å²) < 4.78 is 12.5. The number of fused-ring (bicyclic) bond motifs is 5. The Balaban J connectivity index is 1.92. The van der Waals surface area contributed by atoms with Gasteiger partial charge in [-0.05, 0) is 44.8 Å². The van der Waals surface area contributed by atoms with Crippen LogP contribution in [-0.4, -0.2) is 46.4 Å². The maximum absolute atomic E-state index is 13.2. The lowest BCUT2D eigenvalue weighted by molar-refractivity contribution is -0.220. The summed E-state index contributed by atoms with van der Waals surface area (Å²) in [5, 5.41) is 12.7. The van der Waals surface area contributed by atoms with Crippen LogP contribution in [0, 0.1) is 40.9 Å². The molecule has 2 fully saturated rings. The molecule has 0 unspecified atom stereocenters. The Kier molecular flexibility index (Phi) is 6.72. The quantitative estimate of drug-likeness (QED) is 0.324. The van der Waals surface area contributed by atoms with Gasteiger partial charge in [0, 0.05) is 40.6 Å². The molecule has 7 heteroatoms. The Bertz CT molecular complexity index is 1130. The first-order valence-corrected chi connectivity index (χ1v) is 13.4. The summed E-state index contributed by atoms with van der Waals surface area (Å²) >= 11 is 0. The van der Waals surface area contributed by atoms with Crippen LogP contribution < -0.4 is 0 Å². The summed E-state index contributed by atoms with van der Waals surface area (Å²) in [6.45, 7) is 14.6. The molecule has 0 aromatic heterocycles. The molecule has 37 heavy (non-hydrogen) atoms. The minimum atomic E-state index is -1.50. The lowest BCUT2D eigenvalue weighted by Crippen LogP contribution is -2.63. The largest absolute Gasteiger partial charge is 0.454 e. The first-order chi connectivity index (χ1) is 17.2. The molecule has 0 amide bonds. The van der Waals surface area contributed by atoms with E-state index in [2.05, 4.69) is 0 Å². The molecule has 202 valence electrons. The van der Waals surface area contributed by atoms with Gasteiger partial charge in [-0.2, -0.15) is 0 Å². The fourth-order valence-corrected chi connectivity index (χ4v) is 7.44. The number of aliphatic hydroxyl groups is 1. The van der Waals surface area contributed by atoms with Gasteiger partial charge in [0.05, 0.1) is 11.5 Å². The number of hydrogen-bond donors (Lipinski definition) is 1. The van der Waals surface area contributed by atoms with Crippen molar-refractivity contribution < 1.29 is 33.8 Å². The van der Waals surface area contributed by atoms with Gasteiger partial charge in [-0.1, -0.05) is 52.8 Å². The molecule has 4 aliphatic carbocycles. The number of Topliss-reactive ketones (excluding diaryl/α,β-unsaturated/α-hetero) is 1. The van der Waals surface area contributed by atoms with Crippen molar-refractivity contribution in [2.45, 2.75) is 85.5 Å². The van der Waals surface area contributed by atoms with Crippen LogP contribution in [0.25, 0.3) is 0 Å². The van der Waals surface area contributed by atoms with Crippen LogP contribution in [0.2, 0.25) is 0 Å². The zero-order chi connectivity index (χ0) is 27.7. The first-order valence-electron chi connectivity index (χ1n) is 13.4. The van der Waals surface area contributed by atoms with Crippen LogP contribution in [0.3, 0.4) is 0 Å². The lowest BCUT2D eigenvalue weighted by atomic mass is 9.59. The van der Waals surface area contributed by atoms with Crippen LogP contribution in [0.5, 0.6) is 0 Å². The molecule has 0 aromatic carbocycles. The number of aldehydes is 1. The Hall–Kier alpha value is -2.54. The maximum Gasteiger partial charge on any atom is 0.333 e. The third-order valence-corrected chi connectivity index (χ3v) is 10.1. The molecular weight excluding hydrogens is 472 g/mol. The predicted molar refractivity (Wildman–Crippen MR) is 137 cm³/mol. The van der Waals surface area contributed by atoms with Gasteiger partial charge in [-0.3, -0.25) is 14.4 Å². The minimum Gasteiger partial charge on any atom is -0.454 e. The number of carbonyl (C=O) groups is 4. The highest BCUT2D eigenvalue weighted by Crippen LogP contribution is 2.77. The van der Waals surface area contributed by atoms with Crippen molar-refractivity contribution in [1.29, 1.82) is 0 Å². The summed E-state index contributed by atoms with van der Waals surface area (Å²) in [6, 6.07) is 0. The second kappa shape index (κ2) is 9.04. The molecule has 7 nitrogen and oxygen atoms in total. The molecule has 0 heterocycles. The normalized spacial score (nSPS) is 40.7. The molecule has 0 aliphatic heterocycles. The second-order valence-corrected chi connectivity index (χ2v) is 12.1. The Morgan fingerprint density at radius 2 is 1.89 bits per heavy atom. The molecule has 0 spiro atoms. The maximum atomic E-state index is 13.2. The van der Waals surface area contributed by atoms with E-state index in [4.69, 9.17) is 9.47 Å². The van der Waals surface area contributed by atoms with Gasteiger partial charge in [-0.25, -0.2) is 4.79 Å². The summed E-state index contributed by atoms with van der Waals surface area (Å²) in [6.07, 6.45) is 5.92. The Morgan fingerprint density at radius 1 is 1.24 bits per heavy atom. The van der Waals surface area contributed by atoms with E-state index < -0.39 is 58.3 Å². The van der Waals surface area contributed by atoms with E-state index in [1.807, 2.05) is 33.8 Å². The van der Waals surface area contributed by atoms with E-state index in [0.717, 1.165) is 6.29 Å². The fraction of sp³-hybridized carbons (Fsp3) is 0.667. The highest BCUT2D eigenvalue weighted by Gasteiger charge is 2.87. The first kappa shape index (κ1) is 27.5. The van der Waals surface area contributed by atoms with Crippen LogP contribution in [0.1, 0.15) is 68.2 Å². The fourth-order valence-electron chi connectivity index (χ4n) is 7.44. The molecule has 0 saturated heterocycles. The van der Waals surface area contributed by atoms with E-state index in [9.17, 15) is 24.3 Å². The number of ether oxygens (including phenoxy) is 2. The van der Waals surface area contributed by atoms with Gasteiger partial charge in [0.2, 0.25) is 0 Å². The molecule has 0 aromatic rings. The zero-order valence-corrected chi connectivity index (χ0v) is 23.2. The summed E-state index contributed by atoms with van der Waals surface area (Å²) in [7, 11) is 0. The number of rotatable bonds is 6. The van der Waals surface area contributed by atoms with Crippen molar-refractivity contribution >= 4 is 24.0 Å². The van der Waals surface area contributed by atoms with Crippen molar-refractivity contribution in [1.82, 2.24) is 0 Å². The Labute approximate surface area is 219 Å². The standard InChI is InChI=1S/C30H40O7/c1-9-15(3)26(33)36-25-18(6)29(35)21-11-17(5)23(32)20(21)12-19(14-31)13-22(29)24-28(7,8)30(24,25)37-27(34)16(4)10-2/h9,11,13-14,16,18,20-22,24-25,35H,10,12H2,1-8H3/b15-9+/t16-,18+,20+,21+,22-,24+,25+,29-,30+/m0/s1. The second-order valence-electron chi connectivity index (χ2n) is 12.1. The number of carbonyl (C=O) groups excluding carboxylic acids is 4. The molecular formula is C30H40O7. The van der Waals surface area contributed by atoms with Gasteiger partial charge in [0.1, 0.15) is 12.4 Å². The number of esters is 2. The van der Waals surface area contributed by atoms with Crippen molar-refractivity contribution in [3.8, 4) is 0 Å². The monoisotopic (exact) mass is 512 g/mol. The number of ketones is 1. The molecule has 0 bridgehead atoms. The van der Waals surface area contributed by atoms with Gasteiger partial charge in [0.15, 0.2) is 11.4 Å². The van der Waals surface area contributed by atoms with E-state index in [1.165, 1.54) is 0 Å². The molecule has 4 aliphatic rings. The number of hydrogen-bond acceptors (Lipinski definition) is 7. The molecule has 1 N–H and O–H groups in total. The van der Waals surface area contributed by atoms with Crippen LogP contribution in [0.4, 0.5) is 0 Å². The van der Waals surface area contributed by atoms with Crippen LogP contribution in [-0.2, 0) is 28.7 Å². The lowest BCUT2D eigenvalue weighted by Gasteiger charge is -2.52. The minimum absolute atomic E-state index is 0.0765. The van der Waals surface area contributed by atoms with Gasteiger partial charge >= 0.3 is 11.9 Å². The van der Waals surface area contributed by atoms with Crippen LogP contribution in [0.15, 0.2) is 34.9 Å². The SMILES string of the molecule is C/C=C(\C)C(=O)O[C@@H]1[C@@H](C)[C@]2(O)[C@@H]3C=C(C)C(=O)[C@@H]3CC(C=O)=C[C@H]2[C@@H]2C(C)(C)[C@]12OC(=O)[C@@H](C)CC. The van der Waals surface area contributed by atoms with Crippen molar-refractivity contribution in [2.75, 3.05) is 0 Å². The van der Waals surface area contributed by atoms with Crippen LogP contribution >= 0.6 is 0 Å². The molecule has 4 rings (SSSR count). The third kappa shape index (κ3) is 3.63. The third-order valence-electron chi connectivity index (χ3n) is 10.1. The van der Waals surface area contributed by atoms with Crippen molar-refractivity contribution in [3.63, 3.8) is 0 Å². The topological polar surface area (TPSA) is 107 Å². The highest BCUT2D eigenvalue weighted by molar-refractivity contribution is 6.00. The predicted octanol–water partition coefficient (Wildman–Crippen LogP) is 4.14. The van der Waals surface area contributed by atoms with Gasteiger partial charge < -0.3 is 14.6 Å². The van der Waals surface area contributed by atoms with Crippen molar-refractivity contribution in [2.24, 2.45) is 40.9 Å². The van der Waals surface area contributed by atoms with E-state index in [0.29, 0.717) is 23.1 Å². The zero-order valence-electron chi connectivity index (χ0n) is 23.2. The van der Waals surface area contributed by atoms with Crippen molar-refractivity contribution in [3.05, 3.63) is 34.9 Å². The average Bonchev–Trinajstić information content (AvgIpc) is 3.26. The van der Waals surface area contributed by atoms with E-state index >= 15 is 0 Å². The molecule has 2 saturated carbocycles. The molecule has 0 radical (unpaired) electrons. The molecule has 9 atom stereocenters.